The van der Waals surface area contributed by atoms with Gasteiger partial charge in [-0.15, -0.1) is 0 Å². The number of anilines is 3. The first-order chi connectivity index (χ1) is 15.8. The standard InChI is InChI=1S/C23H35N7O2/c24-11-13-31-15-16-32-14-12-25-21-28-22(26-18-6-2-3-7-18)30-23(29-21)27-20-10-9-17-5-1-4-8-19(17)20/h1,4-5,8,18,20H,2-3,6-7,9-16,24H2,(H3,25,26,27,28,29,30). The van der Waals surface area contributed by atoms with Gasteiger partial charge in [0.1, 0.15) is 0 Å². The van der Waals surface area contributed by atoms with E-state index >= 15 is 0 Å². The second kappa shape index (κ2) is 11.9. The van der Waals surface area contributed by atoms with Gasteiger partial charge in [-0.2, -0.15) is 15.0 Å². The van der Waals surface area contributed by atoms with Crippen LogP contribution in [0.5, 0.6) is 0 Å². The van der Waals surface area contributed by atoms with Crippen molar-refractivity contribution in [3.8, 4) is 0 Å². The molecule has 0 aliphatic heterocycles. The van der Waals surface area contributed by atoms with E-state index in [-0.39, 0.29) is 6.04 Å². The molecule has 9 heteroatoms. The second-order valence-corrected chi connectivity index (χ2v) is 8.31. The summed E-state index contributed by atoms with van der Waals surface area (Å²) in [6, 6.07) is 9.23. The monoisotopic (exact) mass is 441 g/mol. The van der Waals surface area contributed by atoms with Gasteiger partial charge in [0.05, 0.1) is 32.5 Å². The quantitative estimate of drug-likeness (QED) is 0.348. The summed E-state index contributed by atoms with van der Waals surface area (Å²) < 4.78 is 10.9. The van der Waals surface area contributed by atoms with Crippen LogP contribution >= 0.6 is 0 Å². The zero-order chi connectivity index (χ0) is 22.0. The Labute approximate surface area is 189 Å². The lowest BCUT2D eigenvalue weighted by Gasteiger charge is -2.17. The average molecular weight is 442 g/mol. The molecule has 0 bridgehead atoms. The number of aromatic nitrogens is 3. The Morgan fingerprint density at radius 3 is 2.38 bits per heavy atom. The minimum atomic E-state index is 0.220. The maximum atomic E-state index is 5.59. The van der Waals surface area contributed by atoms with E-state index in [4.69, 9.17) is 15.2 Å². The molecule has 0 spiro atoms. The topological polar surface area (TPSA) is 119 Å². The number of hydrogen-bond donors (Lipinski definition) is 4. The maximum absolute atomic E-state index is 5.59. The van der Waals surface area contributed by atoms with E-state index in [1.807, 2.05) is 0 Å². The summed E-state index contributed by atoms with van der Waals surface area (Å²) in [5.74, 6) is 1.78. The Morgan fingerprint density at radius 2 is 1.56 bits per heavy atom. The van der Waals surface area contributed by atoms with Crippen LogP contribution in [0.3, 0.4) is 0 Å². The largest absolute Gasteiger partial charge is 0.378 e. The minimum Gasteiger partial charge on any atom is -0.378 e. The third-order valence-corrected chi connectivity index (χ3v) is 5.92. The van der Waals surface area contributed by atoms with Crippen molar-refractivity contribution in [1.82, 2.24) is 15.0 Å². The molecule has 5 N–H and O–H groups in total. The van der Waals surface area contributed by atoms with E-state index in [9.17, 15) is 0 Å². The van der Waals surface area contributed by atoms with Crippen LogP contribution in [0.15, 0.2) is 24.3 Å². The zero-order valence-corrected chi connectivity index (χ0v) is 18.7. The third kappa shape index (κ3) is 6.51. The van der Waals surface area contributed by atoms with Crippen LogP contribution in [-0.2, 0) is 15.9 Å². The van der Waals surface area contributed by atoms with Crippen molar-refractivity contribution >= 4 is 17.8 Å². The summed E-state index contributed by atoms with van der Waals surface area (Å²) in [5, 5.41) is 10.3. The Bertz CT molecular complexity index is 845. The highest BCUT2D eigenvalue weighted by atomic mass is 16.5. The minimum absolute atomic E-state index is 0.220. The van der Waals surface area contributed by atoms with Crippen molar-refractivity contribution < 1.29 is 9.47 Å². The van der Waals surface area contributed by atoms with Gasteiger partial charge in [0.15, 0.2) is 0 Å². The highest BCUT2D eigenvalue weighted by molar-refractivity contribution is 5.46. The molecule has 0 amide bonds. The number of benzene rings is 1. The van der Waals surface area contributed by atoms with Gasteiger partial charge in [0.25, 0.3) is 0 Å². The second-order valence-electron chi connectivity index (χ2n) is 8.31. The summed E-state index contributed by atoms with van der Waals surface area (Å²) >= 11 is 0. The highest BCUT2D eigenvalue weighted by Crippen LogP contribution is 2.33. The van der Waals surface area contributed by atoms with Crippen molar-refractivity contribution in [2.24, 2.45) is 5.73 Å². The molecule has 32 heavy (non-hydrogen) atoms. The molecule has 1 unspecified atom stereocenters. The summed E-state index contributed by atoms with van der Waals surface area (Å²) in [4.78, 5) is 13.9. The molecule has 2 aliphatic carbocycles. The van der Waals surface area contributed by atoms with Crippen LogP contribution in [-0.4, -0.2) is 60.5 Å². The number of nitrogens with two attached hydrogens (primary N) is 1. The molecule has 9 nitrogen and oxygen atoms in total. The number of fused-ring (bicyclic) bond motifs is 1. The fourth-order valence-corrected chi connectivity index (χ4v) is 4.34. The van der Waals surface area contributed by atoms with Crippen molar-refractivity contribution in [3.05, 3.63) is 35.4 Å². The number of hydrogen-bond acceptors (Lipinski definition) is 9. The molecule has 4 rings (SSSR count). The van der Waals surface area contributed by atoms with Crippen LogP contribution in [0.2, 0.25) is 0 Å². The number of ether oxygens (including phenoxy) is 2. The Morgan fingerprint density at radius 1 is 0.844 bits per heavy atom. The lowest BCUT2D eigenvalue weighted by molar-refractivity contribution is 0.0547. The molecule has 1 atom stereocenters. The number of aryl methyl sites for hydroxylation is 1. The van der Waals surface area contributed by atoms with Gasteiger partial charge < -0.3 is 31.2 Å². The molecule has 2 aliphatic rings. The van der Waals surface area contributed by atoms with Crippen LogP contribution in [0.25, 0.3) is 0 Å². The van der Waals surface area contributed by atoms with E-state index < -0.39 is 0 Å². The predicted octanol–water partition coefficient (Wildman–Crippen LogP) is 2.73. The normalized spacial score (nSPS) is 18.0. The molecule has 174 valence electrons. The van der Waals surface area contributed by atoms with E-state index in [0.717, 1.165) is 25.7 Å². The lowest BCUT2D eigenvalue weighted by atomic mass is 10.1. The summed E-state index contributed by atoms with van der Waals surface area (Å²) in [6.45, 7) is 3.33. The first-order valence-electron chi connectivity index (χ1n) is 11.8. The predicted molar refractivity (Wildman–Crippen MR) is 126 cm³/mol. The Hall–Kier alpha value is -2.49. The molecular weight excluding hydrogens is 406 g/mol. The zero-order valence-electron chi connectivity index (χ0n) is 18.7. The summed E-state index contributed by atoms with van der Waals surface area (Å²) in [5.41, 5.74) is 8.13. The Balaban J connectivity index is 1.36. The molecule has 1 fully saturated rings. The molecular formula is C23H35N7O2. The first kappa shape index (κ1) is 22.7. The molecule has 1 heterocycles. The molecule has 2 aromatic rings. The number of rotatable bonds is 13. The molecule has 1 aromatic heterocycles. The van der Waals surface area contributed by atoms with Gasteiger partial charge in [-0.25, -0.2) is 0 Å². The smallest absolute Gasteiger partial charge is 0.229 e. The van der Waals surface area contributed by atoms with E-state index in [1.165, 1.54) is 24.0 Å². The fraction of sp³-hybridized carbons (Fsp3) is 0.609. The van der Waals surface area contributed by atoms with Crippen molar-refractivity contribution in [2.45, 2.75) is 50.6 Å². The van der Waals surface area contributed by atoms with Crippen LogP contribution < -0.4 is 21.7 Å². The van der Waals surface area contributed by atoms with Crippen LogP contribution in [0.1, 0.15) is 49.3 Å². The summed E-state index contributed by atoms with van der Waals surface area (Å²) in [6.07, 6.45) is 6.94. The van der Waals surface area contributed by atoms with Crippen LogP contribution in [0.4, 0.5) is 17.8 Å². The van der Waals surface area contributed by atoms with E-state index in [1.54, 1.807) is 0 Å². The molecule has 0 radical (unpaired) electrons. The Kier molecular flexibility index (Phi) is 8.47. The number of nitrogens with zero attached hydrogens (tertiary/aromatic N) is 3. The van der Waals surface area contributed by atoms with Gasteiger partial charge in [-0.1, -0.05) is 37.1 Å². The molecule has 1 saturated carbocycles. The molecule has 1 aromatic carbocycles. The SMILES string of the molecule is NCCOCCOCCNc1nc(NC2CCCC2)nc(NC2CCc3ccccc32)n1. The average Bonchev–Trinajstić information content (AvgIpc) is 3.46. The van der Waals surface area contributed by atoms with Crippen molar-refractivity contribution in [2.75, 3.05) is 55.5 Å². The van der Waals surface area contributed by atoms with Gasteiger partial charge >= 0.3 is 0 Å². The summed E-state index contributed by atoms with van der Waals surface area (Å²) in [7, 11) is 0. The van der Waals surface area contributed by atoms with Gasteiger partial charge in [-0.05, 0) is 36.8 Å². The first-order valence-corrected chi connectivity index (χ1v) is 11.8. The van der Waals surface area contributed by atoms with Crippen molar-refractivity contribution in [3.63, 3.8) is 0 Å². The van der Waals surface area contributed by atoms with Gasteiger partial charge in [0.2, 0.25) is 17.8 Å². The van der Waals surface area contributed by atoms with Gasteiger partial charge in [0, 0.05) is 19.1 Å². The van der Waals surface area contributed by atoms with E-state index in [2.05, 4.69) is 55.2 Å². The highest BCUT2D eigenvalue weighted by Gasteiger charge is 2.23. The molecule has 0 saturated heterocycles. The van der Waals surface area contributed by atoms with E-state index in [0.29, 0.717) is 63.4 Å². The van der Waals surface area contributed by atoms with Crippen molar-refractivity contribution in [1.29, 1.82) is 0 Å². The lowest BCUT2D eigenvalue weighted by Crippen LogP contribution is -2.20. The number of nitrogens with one attached hydrogen (secondary N) is 3. The van der Waals surface area contributed by atoms with Gasteiger partial charge in [-0.3, -0.25) is 0 Å². The third-order valence-electron chi connectivity index (χ3n) is 5.92. The maximum Gasteiger partial charge on any atom is 0.229 e. The van der Waals surface area contributed by atoms with Crippen LogP contribution in [0, 0.1) is 0 Å². The fourth-order valence-electron chi connectivity index (χ4n) is 4.34.